The normalized spacial score (nSPS) is 18.1. The van der Waals surface area contributed by atoms with Crippen molar-refractivity contribution in [2.75, 3.05) is 44.4 Å². The Hall–Kier alpha value is -0.700. The lowest BCUT2D eigenvalue weighted by Gasteiger charge is -2.34. The van der Waals surface area contributed by atoms with Crippen LogP contribution in [0.1, 0.15) is 25.8 Å². The number of rotatable bonds is 5. The Balaban J connectivity index is 0.00000288. The second-order valence-electron chi connectivity index (χ2n) is 5.90. The van der Waals surface area contributed by atoms with E-state index in [2.05, 4.69) is 46.9 Å². The number of nitrogens with zero attached hydrogens (tertiary/aromatic N) is 4. The predicted octanol–water partition coefficient (Wildman–Crippen LogP) is 3.06. The maximum Gasteiger partial charge on any atom is 0.194 e. The van der Waals surface area contributed by atoms with Crippen molar-refractivity contribution in [1.82, 2.24) is 15.2 Å². The highest BCUT2D eigenvalue weighted by atomic mass is 127. The highest BCUT2D eigenvalue weighted by molar-refractivity contribution is 14.0. The molecule has 24 heavy (non-hydrogen) atoms. The topological polar surface area (TPSA) is 43.8 Å². The van der Waals surface area contributed by atoms with Gasteiger partial charge in [-0.1, -0.05) is 13.0 Å². The zero-order valence-electron chi connectivity index (χ0n) is 15.2. The molecule has 1 aliphatic heterocycles. The maximum absolute atomic E-state index is 4.87. The first-order chi connectivity index (χ1) is 11.2. The van der Waals surface area contributed by atoms with E-state index in [1.807, 2.05) is 31.3 Å². The number of aromatic nitrogens is 1. The third-order valence-corrected chi connectivity index (χ3v) is 5.29. The van der Waals surface area contributed by atoms with Gasteiger partial charge in [-0.25, -0.2) is 9.98 Å². The predicted molar refractivity (Wildman–Crippen MR) is 117 cm³/mol. The van der Waals surface area contributed by atoms with Crippen LogP contribution in [0.15, 0.2) is 23.3 Å². The van der Waals surface area contributed by atoms with Crippen molar-refractivity contribution in [2.24, 2.45) is 4.99 Å². The third kappa shape index (κ3) is 5.98. The number of anilines is 1. The van der Waals surface area contributed by atoms with Crippen molar-refractivity contribution in [3.63, 3.8) is 0 Å². The van der Waals surface area contributed by atoms with Gasteiger partial charge in [-0.05, 0) is 19.4 Å². The van der Waals surface area contributed by atoms with Gasteiger partial charge < -0.3 is 15.1 Å². The van der Waals surface area contributed by atoms with Crippen LogP contribution in [0.2, 0.25) is 0 Å². The van der Waals surface area contributed by atoms with Gasteiger partial charge in [-0.3, -0.25) is 0 Å². The van der Waals surface area contributed by atoms with Gasteiger partial charge in [0.25, 0.3) is 0 Å². The summed E-state index contributed by atoms with van der Waals surface area (Å²) in [5, 5.41) is 4.16. The van der Waals surface area contributed by atoms with Gasteiger partial charge in [0.2, 0.25) is 0 Å². The molecule has 1 fully saturated rings. The molecule has 1 atom stereocenters. The number of nitrogens with one attached hydrogen (secondary N) is 1. The average Bonchev–Trinajstić information content (AvgIpc) is 2.58. The van der Waals surface area contributed by atoms with E-state index < -0.39 is 0 Å². The molecule has 7 heteroatoms. The Morgan fingerprint density at radius 3 is 2.92 bits per heavy atom. The van der Waals surface area contributed by atoms with E-state index in [1.165, 1.54) is 12.2 Å². The van der Waals surface area contributed by atoms with Crippen molar-refractivity contribution in [1.29, 1.82) is 0 Å². The Bertz CT molecular complexity index is 523. The molecule has 1 saturated heterocycles. The standard InChI is InChI=1S/C17H29N5S.HI/c1-5-15-13-22(10-11-23-15)17(18-6-2)20-12-14-8-7-9-19-16(14)21(3)4;/h7-9,15H,5-6,10-13H2,1-4H3,(H,18,20);1H. The Morgan fingerprint density at radius 1 is 1.46 bits per heavy atom. The second kappa shape index (κ2) is 11.0. The molecule has 136 valence electrons. The number of halogens is 1. The van der Waals surface area contributed by atoms with Gasteiger partial charge in [0.05, 0.1) is 6.54 Å². The summed E-state index contributed by atoms with van der Waals surface area (Å²) in [6, 6.07) is 4.09. The highest BCUT2D eigenvalue weighted by Gasteiger charge is 2.21. The quantitative estimate of drug-likeness (QED) is 0.413. The lowest BCUT2D eigenvalue weighted by atomic mass is 10.2. The average molecular weight is 463 g/mol. The molecule has 2 heterocycles. The molecule has 1 N–H and O–H groups in total. The Morgan fingerprint density at radius 2 is 2.25 bits per heavy atom. The van der Waals surface area contributed by atoms with Crippen molar-refractivity contribution in [3.8, 4) is 0 Å². The molecule has 0 spiro atoms. The molecule has 1 unspecified atom stereocenters. The van der Waals surface area contributed by atoms with Crippen LogP contribution in [0.5, 0.6) is 0 Å². The molecule has 0 saturated carbocycles. The highest BCUT2D eigenvalue weighted by Crippen LogP contribution is 2.21. The number of guanidine groups is 1. The van der Waals surface area contributed by atoms with E-state index in [-0.39, 0.29) is 24.0 Å². The van der Waals surface area contributed by atoms with E-state index in [0.29, 0.717) is 11.8 Å². The molecule has 1 aromatic rings. The van der Waals surface area contributed by atoms with Gasteiger partial charge in [-0.2, -0.15) is 11.8 Å². The Labute approximate surface area is 167 Å². The number of thioether (sulfide) groups is 1. The third-order valence-electron chi connectivity index (χ3n) is 3.92. The molecular formula is C17H30IN5S. The Kier molecular flexibility index (Phi) is 9.80. The van der Waals surface area contributed by atoms with Gasteiger partial charge in [0, 0.05) is 56.5 Å². The summed E-state index contributed by atoms with van der Waals surface area (Å²) in [6.07, 6.45) is 3.05. The second-order valence-corrected chi connectivity index (χ2v) is 7.31. The van der Waals surface area contributed by atoms with Crippen LogP contribution in [0.25, 0.3) is 0 Å². The van der Waals surface area contributed by atoms with Crippen molar-refractivity contribution in [3.05, 3.63) is 23.9 Å². The van der Waals surface area contributed by atoms with Crippen LogP contribution in [0, 0.1) is 0 Å². The van der Waals surface area contributed by atoms with Gasteiger partial charge in [-0.15, -0.1) is 24.0 Å². The molecule has 2 rings (SSSR count). The van der Waals surface area contributed by atoms with Gasteiger partial charge in [0.1, 0.15) is 5.82 Å². The summed E-state index contributed by atoms with van der Waals surface area (Å²) in [6.45, 7) is 8.10. The minimum absolute atomic E-state index is 0. The summed E-state index contributed by atoms with van der Waals surface area (Å²) < 4.78 is 0. The van der Waals surface area contributed by atoms with Crippen LogP contribution in [-0.2, 0) is 6.54 Å². The van der Waals surface area contributed by atoms with Crippen LogP contribution >= 0.6 is 35.7 Å². The fraction of sp³-hybridized carbons (Fsp3) is 0.647. The molecule has 1 aromatic heterocycles. The lowest BCUT2D eigenvalue weighted by Crippen LogP contribution is -2.48. The molecule has 0 aromatic carbocycles. The van der Waals surface area contributed by atoms with E-state index in [4.69, 9.17) is 4.99 Å². The van der Waals surface area contributed by atoms with Crippen LogP contribution in [-0.4, -0.2) is 60.6 Å². The molecule has 0 radical (unpaired) electrons. The first-order valence-corrected chi connectivity index (χ1v) is 9.46. The van der Waals surface area contributed by atoms with E-state index >= 15 is 0 Å². The zero-order chi connectivity index (χ0) is 16.7. The maximum atomic E-state index is 4.87. The summed E-state index contributed by atoms with van der Waals surface area (Å²) in [4.78, 5) is 13.8. The van der Waals surface area contributed by atoms with Crippen LogP contribution < -0.4 is 10.2 Å². The minimum atomic E-state index is 0. The fourth-order valence-electron chi connectivity index (χ4n) is 2.70. The fourth-order valence-corrected chi connectivity index (χ4v) is 3.88. The summed E-state index contributed by atoms with van der Waals surface area (Å²) >= 11 is 2.08. The van der Waals surface area contributed by atoms with Crippen molar-refractivity contribution < 1.29 is 0 Å². The number of aliphatic imine (C=N–C) groups is 1. The first kappa shape index (κ1) is 21.3. The van der Waals surface area contributed by atoms with Crippen LogP contribution in [0.3, 0.4) is 0 Å². The molecule has 0 amide bonds. The summed E-state index contributed by atoms with van der Waals surface area (Å²) in [7, 11) is 4.04. The monoisotopic (exact) mass is 463 g/mol. The molecular weight excluding hydrogens is 433 g/mol. The molecule has 0 aliphatic carbocycles. The SMILES string of the molecule is CCNC(=NCc1cccnc1N(C)C)N1CCSC(CC)C1.I. The van der Waals surface area contributed by atoms with E-state index in [9.17, 15) is 0 Å². The first-order valence-electron chi connectivity index (χ1n) is 8.41. The zero-order valence-corrected chi connectivity index (χ0v) is 18.3. The minimum Gasteiger partial charge on any atom is -0.362 e. The van der Waals surface area contributed by atoms with Crippen LogP contribution in [0.4, 0.5) is 5.82 Å². The lowest BCUT2D eigenvalue weighted by molar-refractivity contribution is 0.408. The number of hydrogen-bond acceptors (Lipinski definition) is 4. The summed E-state index contributed by atoms with van der Waals surface area (Å²) in [5.41, 5.74) is 1.16. The van der Waals surface area contributed by atoms with E-state index in [1.54, 1.807) is 0 Å². The smallest absolute Gasteiger partial charge is 0.194 e. The number of hydrogen-bond donors (Lipinski definition) is 1. The molecule has 5 nitrogen and oxygen atoms in total. The van der Waals surface area contributed by atoms with Gasteiger partial charge >= 0.3 is 0 Å². The van der Waals surface area contributed by atoms with Crippen molar-refractivity contribution in [2.45, 2.75) is 32.1 Å². The van der Waals surface area contributed by atoms with Gasteiger partial charge in [0.15, 0.2) is 5.96 Å². The molecule has 0 bridgehead atoms. The number of pyridine rings is 1. The summed E-state index contributed by atoms with van der Waals surface area (Å²) in [5.74, 6) is 3.20. The molecule has 1 aliphatic rings. The largest absolute Gasteiger partial charge is 0.362 e. The van der Waals surface area contributed by atoms with E-state index in [0.717, 1.165) is 37.0 Å². The van der Waals surface area contributed by atoms with Crippen molar-refractivity contribution >= 4 is 47.5 Å².